The van der Waals surface area contributed by atoms with Crippen LogP contribution in [0.3, 0.4) is 0 Å². The van der Waals surface area contributed by atoms with Crippen molar-refractivity contribution in [1.82, 2.24) is 9.55 Å². The van der Waals surface area contributed by atoms with E-state index in [4.69, 9.17) is 4.74 Å². The predicted octanol–water partition coefficient (Wildman–Crippen LogP) is 2.10. The zero-order valence-electron chi connectivity index (χ0n) is 11.2. The van der Waals surface area contributed by atoms with E-state index in [0.29, 0.717) is 0 Å². The van der Waals surface area contributed by atoms with Gasteiger partial charge in [0.2, 0.25) is 0 Å². The fourth-order valence-corrected chi connectivity index (χ4v) is 2.52. The number of rotatable bonds is 3. The molecule has 100 valence electrons. The molecular formula is C15H19N3O. The van der Waals surface area contributed by atoms with E-state index in [9.17, 15) is 0 Å². The number of hydrogen-bond acceptors (Lipinski definition) is 3. The highest BCUT2D eigenvalue weighted by atomic mass is 16.5. The fraction of sp³-hybridized carbons (Fsp3) is 0.400. The number of aryl methyl sites for hydroxylation is 1. The van der Waals surface area contributed by atoms with Gasteiger partial charge in [0.15, 0.2) is 0 Å². The van der Waals surface area contributed by atoms with Crippen molar-refractivity contribution in [3.63, 3.8) is 0 Å². The Labute approximate surface area is 113 Å². The molecule has 19 heavy (non-hydrogen) atoms. The normalized spacial score (nSPS) is 19.6. The SMILES string of the molecule is Cc1nccn1CC1CN(c2ccccc2)CCO1. The molecule has 1 aromatic heterocycles. The quantitative estimate of drug-likeness (QED) is 0.843. The van der Waals surface area contributed by atoms with Crippen molar-refractivity contribution in [3.8, 4) is 0 Å². The average molecular weight is 257 g/mol. The van der Waals surface area contributed by atoms with Crippen LogP contribution in [-0.2, 0) is 11.3 Å². The predicted molar refractivity (Wildman–Crippen MR) is 75.4 cm³/mol. The Morgan fingerprint density at radius 2 is 2.16 bits per heavy atom. The first-order valence-corrected chi connectivity index (χ1v) is 6.72. The first kappa shape index (κ1) is 12.2. The standard InChI is InChI=1S/C15H19N3O/c1-13-16-7-8-17(13)11-15-12-18(9-10-19-15)14-5-3-2-4-6-14/h2-8,15H,9-12H2,1H3. The molecule has 1 fully saturated rings. The van der Waals surface area contributed by atoms with Crippen molar-refractivity contribution in [3.05, 3.63) is 48.5 Å². The Morgan fingerprint density at radius 1 is 1.32 bits per heavy atom. The highest BCUT2D eigenvalue weighted by Gasteiger charge is 2.21. The lowest BCUT2D eigenvalue weighted by atomic mass is 10.2. The summed E-state index contributed by atoms with van der Waals surface area (Å²) < 4.78 is 8.02. The molecule has 0 N–H and O–H groups in total. The van der Waals surface area contributed by atoms with Crippen molar-refractivity contribution < 1.29 is 4.74 Å². The Hall–Kier alpha value is -1.81. The number of ether oxygens (including phenoxy) is 1. The van der Waals surface area contributed by atoms with Crippen molar-refractivity contribution in [2.24, 2.45) is 0 Å². The second-order valence-electron chi connectivity index (χ2n) is 4.90. The van der Waals surface area contributed by atoms with E-state index in [1.165, 1.54) is 5.69 Å². The molecule has 1 unspecified atom stereocenters. The monoisotopic (exact) mass is 257 g/mol. The lowest BCUT2D eigenvalue weighted by Crippen LogP contribution is -2.44. The maximum absolute atomic E-state index is 5.87. The molecule has 2 heterocycles. The van der Waals surface area contributed by atoms with Gasteiger partial charge < -0.3 is 14.2 Å². The molecule has 2 aromatic rings. The van der Waals surface area contributed by atoms with Gasteiger partial charge in [-0.1, -0.05) is 18.2 Å². The molecule has 1 aliphatic heterocycles. The minimum absolute atomic E-state index is 0.224. The third-order valence-electron chi connectivity index (χ3n) is 3.58. The number of nitrogens with zero attached hydrogens (tertiary/aromatic N) is 3. The van der Waals surface area contributed by atoms with Gasteiger partial charge in [0.1, 0.15) is 5.82 Å². The van der Waals surface area contributed by atoms with Crippen LogP contribution >= 0.6 is 0 Å². The molecule has 1 saturated heterocycles. The Kier molecular flexibility index (Phi) is 3.51. The number of hydrogen-bond donors (Lipinski definition) is 0. The topological polar surface area (TPSA) is 30.3 Å². The fourth-order valence-electron chi connectivity index (χ4n) is 2.52. The summed E-state index contributed by atoms with van der Waals surface area (Å²) in [6.45, 7) is 5.57. The largest absolute Gasteiger partial charge is 0.373 e. The van der Waals surface area contributed by atoms with Gasteiger partial charge in [0.05, 0.1) is 19.3 Å². The van der Waals surface area contributed by atoms with Crippen molar-refractivity contribution in [1.29, 1.82) is 0 Å². The van der Waals surface area contributed by atoms with Crippen LogP contribution in [0, 0.1) is 6.92 Å². The summed E-state index contributed by atoms with van der Waals surface area (Å²) in [4.78, 5) is 6.64. The van der Waals surface area contributed by atoms with Crippen LogP contribution in [0.5, 0.6) is 0 Å². The number of benzene rings is 1. The van der Waals surface area contributed by atoms with E-state index in [0.717, 1.165) is 32.1 Å². The molecular weight excluding hydrogens is 238 g/mol. The summed E-state index contributed by atoms with van der Waals surface area (Å²) in [5, 5.41) is 0. The van der Waals surface area contributed by atoms with Crippen molar-refractivity contribution >= 4 is 5.69 Å². The molecule has 1 atom stereocenters. The van der Waals surface area contributed by atoms with Gasteiger partial charge in [-0.05, 0) is 19.1 Å². The second-order valence-corrected chi connectivity index (χ2v) is 4.90. The van der Waals surface area contributed by atoms with Crippen LogP contribution in [0.25, 0.3) is 0 Å². The van der Waals surface area contributed by atoms with Crippen LogP contribution in [0.4, 0.5) is 5.69 Å². The highest BCUT2D eigenvalue weighted by Crippen LogP contribution is 2.18. The molecule has 0 aliphatic carbocycles. The van der Waals surface area contributed by atoms with E-state index >= 15 is 0 Å². The van der Waals surface area contributed by atoms with Crippen LogP contribution < -0.4 is 4.90 Å². The van der Waals surface area contributed by atoms with Gasteiger partial charge in [0, 0.05) is 31.2 Å². The van der Waals surface area contributed by atoms with E-state index in [-0.39, 0.29) is 6.10 Å². The third-order valence-corrected chi connectivity index (χ3v) is 3.58. The zero-order valence-corrected chi connectivity index (χ0v) is 11.2. The summed E-state index contributed by atoms with van der Waals surface area (Å²) in [7, 11) is 0. The Morgan fingerprint density at radius 3 is 2.89 bits per heavy atom. The number of imidazole rings is 1. The summed E-state index contributed by atoms with van der Waals surface area (Å²) in [6.07, 6.45) is 4.08. The Bertz CT molecular complexity index is 523. The Balaban J connectivity index is 1.67. The van der Waals surface area contributed by atoms with E-state index < -0.39 is 0 Å². The molecule has 0 saturated carbocycles. The molecule has 4 nitrogen and oxygen atoms in total. The molecule has 0 amide bonds. The van der Waals surface area contributed by atoms with Crippen LogP contribution in [0.15, 0.2) is 42.7 Å². The van der Waals surface area contributed by atoms with Gasteiger partial charge in [-0.3, -0.25) is 0 Å². The van der Waals surface area contributed by atoms with Crippen LogP contribution in [0.2, 0.25) is 0 Å². The molecule has 0 radical (unpaired) electrons. The van der Waals surface area contributed by atoms with Crippen molar-refractivity contribution in [2.75, 3.05) is 24.6 Å². The van der Waals surface area contributed by atoms with Crippen LogP contribution in [0.1, 0.15) is 5.82 Å². The third kappa shape index (κ3) is 2.79. The van der Waals surface area contributed by atoms with E-state index in [2.05, 4.69) is 44.8 Å². The van der Waals surface area contributed by atoms with Gasteiger partial charge in [-0.25, -0.2) is 4.98 Å². The number of morpholine rings is 1. The van der Waals surface area contributed by atoms with Gasteiger partial charge in [-0.15, -0.1) is 0 Å². The first-order valence-electron chi connectivity index (χ1n) is 6.72. The number of para-hydroxylation sites is 1. The van der Waals surface area contributed by atoms with Crippen molar-refractivity contribution in [2.45, 2.75) is 19.6 Å². The van der Waals surface area contributed by atoms with Gasteiger partial charge in [0.25, 0.3) is 0 Å². The average Bonchev–Trinajstić information content (AvgIpc) is 2.86. The minimum Gasteiger partial charge on any atom is -0.373 e. The molecule has 1 aliphatic rings. The zero-order chi connectivity index (χ0) is 13.1. The van der Waals surface area contributed by atoms with Gasteiger partial charge in [-0.2, -0.15) is 0 Å². The lowest BCUT2D eigenvalue weighted by Gasteiger charge is -2.34. The molecule has 1 aromatic carbocycles. The summed E-state index contributed by atoms with van der Waals surface area (Å²) in [6, 6.07) is 10.5. The molecule has 4 heteroatoms. The second kappa shape index (κ2) is 5.45. The lowest BCUT2D eigenvalue weighted by molar-refractivity contribution is 0.0292. The maximum Gasteiger partial charge on any atom is 0.105 e. The smallest absolute Gasteiger partial charge is 0.105 e. The van der Waals surface area contributed by atoms with Gasteiger partial charge >= 0.3 is 0 Å². The van der Waals surface area contributed by atoms with Crippen LogP contribution in [-0.4, -0.2) is 35.4 Å². The maximum atomic E-state index is 5.87. The summed E-state index contributed by atoms with van der Waals surface area (Å²) in [5.74, 6) is 1.04. The molecule has 0 spiro atoms. The highest BCUT2D eigenvalue weighted by molar-refractivity contribution is 5.46. The summed E-state index contributed by atoms with van der Waals surface area (Å²) in [5.41, 5.74) is 1.28. The number of anilines is 1. The van der Waals surface area contributed by atoms with E-state index in [1.807, 2.05) is 19.3 Å². The minimum atomic E-state index is 0.224. The van der Waals surface area contributed by atoms with E-state index in [1.54, 1.807) is 0 Å². The first-order chi connectivity index (χ1) is 9.33. The number of aromatic nitrogens is 2. The molecule has 0 bridgehead atoms. The molecule has 3 rings (SSSR count). The summed E-state index contributed by atoms with van der Waals surface area (Å²) >= 11 is 0.